The highest BCUT2D eigenvalue weighted by Crippen LogP contribution is 2.18. The lowest BCUT2D eigenvalue weighted by Gasteiger charge is -2.27. The van der Waals surface area contributed by atoms with Crippen molar-refractivity contribution in [2.45, 2.75) is 45.4 Å². The third-order valence-corrected chi connectivity index (χ3v) is 4.12. The van der Waals surface area contributed by atoms with Crippen LogP contribution in [0, 0.1) is 0 Å². The van der Waals surface area contributed by atoms with E-state index in [0.29, 0.717) is 6.42 Å². The zero-order chi connectivity index (χ0) is 21.6. The fraction of sp³-hybridized carbons (Fsp3) is 0.368. The van der Waals surface area contributed by atoms with Crippen LogP contribution in [0.15, 0.2) is 30.3 Å². The molecule has 10 heteroatoms. The van der Waals surface area contributed by atoms with Crippen LogP contribution < -0.4 is 10.6 Å². The van der Waals surface area contributed by atoms with Crippen LogP contribution in [-0.2, 0) is 9.53 Å². The lowest BCUT2D eigenvalue weighted by atomic mass is 10.1. The van der Waals surface area contributed by atoms with Crippen molar-refractivity contribution in [3.63, 3.8) is 0 Å². The third-order valence-electron chi connectivity index (χ3n) is 3.80. The highest BCUT2D eigenvalue weighted by molar-refractivity contribution is 6.34. The normalized spacial score (nSPS) is 12.9. The maximum absolute atomic E-state index is 12.5. The van der Waals surface area contributed by atoms with Crippen molar-refractivity contribution in [2.24, 2.45) is 0 Å². The van der Waals surface area contributed by atoms with Gasteiger partial charge in [-0.15, -0.1) is 0 Å². The number of nitrogens with zero attached hydrogens (tertiary/aromatic N) is 1. The third kappa shape index (κ3) is 5.78. The van der Waals surface area contributed by atoms with Gasteiger partial charge in [0.15, 0.2) is 5.82 Å². The van der Waals surface area contributed by atoms with Gasteiger partial charge in [-0.3, -0.25) is 14.7 Å². The predicted octanol–water partition coefficient (Wildman–Crippen LogP) is 2.49. The largest absolute Gasteiger partial charge is 0.459 e. The number of aromatic amines is 1. The average Bonchev–Trinajstić information content (AvgIpc) is 3.10. The molecule has 2 rings (SSSR count). The zero-order valence-electron chi connectivity index (χ0n) is 16.3. The van der Waals surface area contributed by atoms with E-state index in [9.17, 15) is 19.5 Å². The van der Waals surface area contributed by atoms with Gasteiger partial charge < -0.3 is 20.5 Å². The van der Waals surface area contributed by atoms with Gasteiger partial charge in [-0.2, -0.15) is 5.10 Å². The molecule has 0 spiro atoms. The summed E-state index contributed by atoms with van der Waals surface area (Å²) < 4.78 is 5.02. The number of carbonyl (C=O) groups excluding carboxylic acids is 3. The summed E-state index contributed by atoms with van der Waals surface area (Å²) in [5.74, 6) is -2.16. The summed E-state index contributed by atoms with van der Waals surface area (Å²) in [5, 5.41) is 21.9. The molecular weight excluding hydrogens is 400 g/mol. The zero-order valence-corrected chi connectivity index (χ0v) is 17.0. The van der Waals surface area contributed by atoms with Crippen LogP contribution in [0.5, 0.6) is 0 Å². The lowest BCUT2D eigenvalue weighted by molar-refractivity contribution is -0.173. The van der Waals surface area contributed by atoms with E-state index in [1.165, 1.54) is 6.07 Å². The summed E-state index contributed by atoms with van der Waals surface area (Å²) in [4.78, 5) is 36.9. The van der Waals surface area contributed by atoms with Crippen molar-refractivity contribution in [3.05, 3.63) is 46.6 Å². The second-order valence-corrected chi connectivity index (χ2v) is 7.03. The number of carbonyl (C=O) groups is 3. The Labute approximate surface area is 172 Å². The van der Waals surface area contributed by atoms with E-state index in [1.807, 2.05) is 0 Å². The van der Waals surface area contributed by atoms with E-state index in [4.69, 9.17) is 16.3 Å². The number of hydrogen-bond acceptors (Lipinski definition) is 6. The molecule has 0 bridgehead atoms. The Morgan fingerprint density at radius 1 is 1.28 bits per heavy atom. The Bertz CT molecular complexity index is 898. The number of amides is 2. The molecule has 1 aromatic heterocycles. The number of esters is 1. The number of anilines is 1. The van der Waals surface area contributed by atoms with Gasteiger partial charge in [0.05, 0.1) is 16.7 Å². The molecule has 0 radical (unpaired) electrons. The second kappa shape index (κ2) is 9.53. The fourth-order valence-corrected chi connectivity index (χ4v) is 2.70. The van der Waals surface area contributed by atoms with Crippen molar-refractivity contribution in [2.75, 3.05) is 5.32 Å². The standard InChI is InChI=1S/C19H23ClN4O5/c1-4-9-19(28,18(27)29-11(2)3)22-17(26)14-10-15(24-23-14)21-16(25)12-7-5-6-8-13(12)20/h5-8,10-11,28H,4,9H2,1-3H3,(H,22,26)(H2,21,23,24,25). The molecule has 1 heterocycles. The number of ether oxygens (including phenoxy) is 1. The number of H-pyrrole nitrogens is 1. The number of benzene rings is 1. The number of nitrogens with one attached hydrogen (secondary N) is 3. The summed E-state index contributed by atoms with van der Waals surface area (Å²) in [7, 11) is 0. The summed E-state index contributed by atoms with van der Waals surface area (Å²) in [6, 6.07) is 7.74. The molecule has 29 heavy (non-hydrogen) atoms. The monoisotopic (exact) mass is 422 g/mol. The van der Waals surface area contributed by atoms with Gasteiger partial charge in [-0.05, 0) is 26.0 Å². The number of aromatic nitrogens is 2. The summed E-state index contributed by atoms with van der Waals surface area (Å²) in [6.07, 6.45) is -0.0674. The molecule has 0 aliphatic rings. The first-order valence-electron chi connectivity index (χ1n) is 9.03. The van der Waals surface area contributed by atoms with Crippen LogP contribution in [-0.4, -0.2) is 44.9 Å². The predicted molar refractivity (Wildman–Crippen MR) is 107 cm³/mol. The van der Waals surface area contributed by atoms with Crippen molar-refractivity contribution in [3.8, 4) is 0 Å². The molecule has 2 aromatic rings. The Morgan fingerprint density at radius 2 is 1.97 bits per heavy atom. The van der Waals surface area contributed by atoms with Gasteiger partial charge in [-0.1, -0.05) is 37.1 Å². The van der Waals surface area contributed by atoms with Crippen molar-refractivity contribution in [1.29, 1.82) is 0 Å². The molecule has 1 unspecified atom stereocenters. The van der Waals surface area contributed by atoms with Gasteiger partial charge in [-0.25, -0.2) is 4.79 Å². The van der Waals surface area contributed by atoms with Gasteiger partial charge >= 0.3 is 5.97 Å². The summed E-state index contributed by atoms with van der Waals surface area (Å²) in [5.41, 5.74) is -1.99. The SMILES string of the molecule is CCCC(O)(NC(=O)c1cc(NC(=O)c2ccccc2Cl)n[nH]1)C(=O)OC(C)C. The molecule has 0 fully saturated rings. The van der Waals surface area contributed by atoms with Crippen molar-refractivity contribution < 1.29 is 24.2 Å². The Morgan fingerprint density at radius 3 is 2.59 bits per heavy atom. The second-order valence-electron chi connectivity index (χ2n) is 6.62. The first-order chi connectivity index (χ1) is 13.7. The Balaban J connectivity index is 2.10. The van der Waals surface area contributed by atoms with Crippen LogP contribution in [0.25, 0.3) is 0 Å². The molecule has 9 nitrogen and oxygen atoms in total. The van der Waals surface area contributed by atoms with E-state index in [0.717, 1.165) is 0 Å². The van der Waals surface area contributed by atoms with Gasteiger partial charge in [0.1, 0.15) is 5.69 Å². The van der Waals surface area contributed by atoms with Gasteiger partial charge in [0.25, 0.3) is 11.8 Å². The van der Waals surface area contributed by atoms with Gasteiger partial charge in [0, 0.05) is 12.5 Å². The molecule has 4 N–H and O–H groups in total. The van der Waals surface area contributed by atoms with Crippen molar-refractivity contribution >= 4 is 35.2 Å². The van der Waals surface area contributed by atoms with Crippen LogP contribution in [0.2, 0.25) is 5.02 Å². The van der Waals surface area contributed by atoms with E-state index in [2.05, 4.69) is 20.8 Å². The summed E-state index contributed by atoms with van der Waals surface area (Å²) in [6.45, 7) is 5.02. The molecule has 156 valence electrons. The van der Waals surface area contributed by atoms with Crippen molar-refractivity contribution in [1.82, 2.24) is 15.5 Å². The minimum atomic E-state index is -2.18. The van der Waals surface area contributed by atoms with Crippen LogP contribution in [0.4, 0.5) is 5.82 Å². The molecule has 0 saturated heterocycles. The lowest BCUT2D eigenvalue weighted by Crippen LogP contribution is -2.55. The summed E-state index contributed by atoms with van der Waals surface area (Å²) >= 11 is 5.98. The number of rotatable bonds is 8. The van der Waals surface area contributed by atoms with Crippen LogP contribution in [0.3, 0.4) is 0 Å². The van der Waals surface area contributed by atoms with E-state index < -0.39 is 29.6 Å². The van der Waals surface area contributed by atoms with E-state index >= 15 is 0 Å². The molecule has 1 atom stereocenters. The maximum Gasteiger partial charge on any atom is 0.359 e. The molecule has 2 amide bonds. The first-order valence-corrected chi connectivity index (χ1v) is 9.41. The quantitative estimate of drug-likeness (QED) is 0.381. The van der Waals surface area contributed by atoms with E-state index in [1.54, 1.807) is 45.0 Å². The number of halogens is 1. The average molecular weight is 423 g/mol. The molecule has 0 aliphatic heterocycles. The molecular formula is C19H23ClN4O5. The van der Waals surface area contributed by atoms with E-state index in [-0.39, 0.29) is 28.5 Å². The first kappa shape index (κ1) is 22.4. The Kier molecular flexibility index (Phi) is 7.35. The minimum absolute atomic E-state index is 0.0332. The maximum atomic E-state index is 12.5. The Hall–Kier alpha value is -2.91. The fourth-order valence-electron chi connectivity index (χ4n) is 2.48. The minimum Gasteiger partial charge on any atom is -0.459 e. The highest BCUT2D eigenvalue weighted by atomic mass is 35.5. The molecule has 0 aliphatic carbocycles. The van der Waals surface area contributed by atoms with Crippen LogP contribution in [0.1, 0.15) is 54.5 Å². The van der Waals surface area contributed by atoms with Gasteiger partial charge in [0.2, 0.25) is 5.72 Å². The number of hydrogen-bond donors (Lipinski definition) is 4. The smallest absolute Gasteiger partial charge is 0.359 e. The highest BCUT2D eigenvalue weighted by Gasteiger charge is 2.39. The van der Waals surface area contributed by atoms with Crippen LogP contribution >= 0.6 is 11.6 Å². The number of aliphatic hydroxyl groups is 1. The molecule has 0 saturated carbocycles. The topological polar surface area (TPSA) is 133 Å². The molecule has 1 aromatic carbocycles.